The average Bonchev–Trinajstić information content (AvgIpc) is 3.09. The van der Waals surface area contributed by atoms with Gasteiger partial charge in [0.1, 0.15) is 0 Å². The van der Waals surface area contributed by atoms with Gasteiger partial charge in [-0.3, -0.25) is 9.59 Å². The molecule has 0 radical (unpaired) electrons. The SMILES string of the molecule is CC(=O)N1CCCC(C(=O)NCc2nc(-c3ncccn3)no2)C1. The van der Waals surface area contributed by atoms with Crippen molar-refractivity contribution in [3.63, 3.8) is 0 Å². The average molecular weight is 330 g/mol. The zero-order valence-electron chi connectivity index (χ0n) is 13.3. The van der Waals surface area contributed by atoms with E-state index in [1.807, 2.05) is 0 Å². The van der Waals surface area contributed by atoms with Gasteiger partial charge in [0.05, 0.1) is 12.5 Å². The maximum Gasteiger partial charge on any atom is 0.246 e. The Hall–Kier alpha value is -2.84. The zero-order chi connectivity index (χ0) is 16.9. The quantitative estimate of drug-likeness (QED) is 0.863. The van der Waals surface area contributed by atoms with Crippen LogP contribution in [0.4, 0.5) is 0 Å². The van der Waals surface area contributed by atoms with E-state index in [2.05, 4.69) is 25.4 Å². The molecular weight excluding hydrogens is 312 g/mol. The third-order valence-electron chi connectivity index (χ3n) is 3.89. The van der Waals surface area contributed by atoms with E-state index < -0.39 is 0 Å². The molecule has 0 spiro atoms. The van der Waals surface area contributed by atoms with Crippen molar-refractivity contribution in [1.29, 1.82) is 0 Å². The van der Waals surface area contributed by atoms with Gasteiger partial charge in [0.2, 0.25) is 29.4 Å². The Bertz CT molecular complexity index is 717. The predicted octanol–water partition coefficient (Wildman–Crippen LogP) is 0.401. The molecule has 0 aliphatic carbocycles. The molecule has 0 aromatic carbocycles. The lowest BCUT2D eigenvalue weighted by molar-refractivity contribution is -0.134. The first-order chi connectivity index (χ1) is 11.6. The second-order valence-electron chi connectivity index (χ2n) is 5.61. The van der Waals surface area contributed by atoms with Crippen LogP contribution in [-0.2, 0) is 16.1 Å². The summed E-state index contributed by atoms with van der Waals surface area (Å²) in [5.41, 5.74) is 0. The maximum absolute atomic E-state index is 12.3. The van der Waals surface area contributed by atoms with E-state index >= 15 is 0 Å². The fraction of sp³-hybridized carbons (Fsp3) is 0.467. The number of hydrogen-bond donors (Lipinski definition) is 1. The van der Waals surface area contributed by atoms with E-state index in [9.17, 15) is 9.59 Å². The predicted molar refractivity (Wildman–Crippen MR) is 82.1 cm³/mol. The Balaban J connectivity index is 1.55. The molecular formula is C15H18N6O3. The van der Waals surface area contributed by atoms with E-state index in [0.717, 1.165) is 12.8 Å². The maximum atomic E-state index is 12.3. The van der Waals surface area contributed by atoms with Crippen molar-refractivity contribution in [3.05, 3.63) is 24.4 Å². The summed E-state index contributed by atoms with van der Waals surface area (Å²) in [5.74, 6) is 0.601. The lowest BCUT2D eigenvalue weighted by atomic mass is 9.97. The highest BCUT2D eigenvalue weighted by atomic mass is 16.5. The van der Waals surface area contributed by atoms with Gasteiger partial charge in [-0.2, -0.15) is 4.98 Å². The molecule has 126 valence electrons. The smallest absolute Gasteiger partial charge is 0.246 e. The third-order valence-corrected chi connectivity index (χ3v) is 3.89. The standard InChI is InChI=1S/C15H18N6O3/c1-10(22)21-7-2-4-11(9-21)15(23)18-8-12-19-14(20-24-12)13-16-5-3-6-17-13/h3,5-6,11H,2,4,7-9H2,1H3,(H,18,23). The molecule has 3 rings (SSSR count). The fourth-order valence-corrected chi connectivity index (χ4v) is 2.62. The lowest BCUT2D eigenvalue weighted by Crippen LogP contribution is -2.44. The second-order valence-corrected chi connectivity index (χ2v) is 5.61. The molecule has 1 fully saturated rings. The number of rotatable bonds is 4. The number of aromatic nitrogens is 4. The van der Waals surface area contributed by atoms with Crippen molar-refractivity contribution in [2.24, 2.45) is 5.92 Å². The van der Waals surface area contributed by atoms with Crippen LogP contribution in [0.1, 0.15) is 25.7 Å². The van der Waals surface area contributed by atoms with Gasteiger partial charge >= 0.3 is 0 Å². The summed E-state index contributed by atoms with van der Waals surface area (Å²) in [7, 11) is 0. The Kier molecular flexibility index (Phi) is 4.78. The van der Waals surface area contributed by atoms with Crippen LogP contribution in [0, 0.1) is 5.92 Å². The fourth-order valence-electron chi connectivity index (χ4n) is 2.62. The highest BCUT2D eigenvalue weighted by molar-refractivity contribution is 5.80. The molecule has 1 N–H and O–H groups in total. The van der Waals surface area contributed by atoms with Crippen molar-refractivity contribution < 1.29 is 14.1 Å². The highest BCUT2D eigenvalue weighted by Crippen LogP contribution is 2.17. The Morgan fingerprint density at radius 3 is 2.88 bits per heavy atom. The molecule has 1 unspecified atom stereocenters. The minimum Gasteiger partial charge on any atom is -0.347 e. The zero-order valence-corrected chi connectivity index (χ0v) is 13.3. The van der Waals surface area contributed by atoms with Crippen LogP contribution in [-0.4, -0.2) is 49.9 Å². The molecule has 3 heterocycles. The molecule has 1 saturated heterocycles. The number of piperidine rings is 1. The molecule has 9 nitrogen and oxygen atoms in total. The van der Waals surface area contributed by atoms with E-state index in [-0.39, 0.29) is 36.0 Å². The van der Waals surface area contributed by atoms with Crippen LogP contribution in [0.3, 0.4) is 0 Å². The van der Waals surface area contributed by atoms with E-state index in [1.165, 1.54) is 6.92 Å². The molecule has 1 aliphatic rings. The molecule has 0 saturated carbocycles. The number of nitrogens with one attached hydrogen (secondary N) is 1. The number of carbonyl (C=O) groups excluding carboxylic acids is 2. The summed E-state index contributed by atoms with van der Waals surface area (Å²) in [6, 6.07) is 1.69. The van der Waals surface area contributed by atoms with Crippen LogP contribution < -0.4 is 5.32 Å². The van der Waals surface area contributed by atoms with E-state index in [0.29, 0.717) is 18.9 Å². The van der Waals surface area contributed by atoms with Crippen molar-refractivity contribution in [2.75, 3.05) is 13.1 Å². The summed E-state index contributed by atoms with van der Waals surface area (Å²) in [6.45, 7) is 2.82. The summed E-state index contributed by atoms with van der Waals surface area (Å²) in [4.78, 5) is 37.6. The largest absolute Gasteiger partial charge is 0.347 e. The molecule has 1 aliphatic heterocycles. The van der Waals surface area contributed by atoms with Crippen LogP contribution in [0.15, 0.2) is 23.0 Å². The van der Waals surface area contributed by atoms with Gasteiger partial charge in [-0.05, 0) is 18.9 Å². The summed E-state index contributed by atoms with van der Waals surface area (Å²) in [6.07, 6.45) is 4.77. The van der Waals surface area contributed by atoms with Gasteiger partial charge in [-0.15, -0.1) is 0 Å². The first kappa shape index (κ1) is 16.0. The van der Waals surface area contributed by atoms with Crippen molar-refractivity contribution >= 4 is 11.8 Å². The molecule has 0 bridgehead atoms. The lowest BCUT2D eigenvalue weighted by Gasteiger charge is -2.31. The molecule has 1 atom stereocenters. The minimum absolute atomic E-state index is 0.00287. The molecule has 24 heavy (non-hydrogen) atoms. The summed E-state index contributed by atoms with van der Waals surface area (Å²) in [5, 5.41) is 6.58. The van der Waals surface area contributed by atoms with E-state index in [4.69, 9.17) is 4.52 Å². The van der Waals surface area contributed by atoms with Crippen LogP contribution >= 0.6 is 0 Å². The van der Waals surface area contributed by atoms with E-state index in [1.54, 1.807) is 23.4 Å². The number of likely N-dealkylation sites (tertiary alicyclic amines) is 1. The van der Waals surface area contributed by atoms with Crippen LogP contribution in [0.2, 0.25) is 0 Å². The number of carbonyl (C=O) groups is 2. The molecule has 2 aromatic heterocycles. The Morgan fingerprint density at radius 2 is 2.12 bits per heavy atom. The monoisotopic (exact) mass is 330 g/mol. The number of hydrogen-bond acceptors (Lipinski definition) is 7. The molecule has 2 aromatic rings. The molecule has 9 heteroatoms. The van der Waals surface area contributed by atoms with Gasteiger partial charge in [0, 0.05) is 32.4 Å². The normalized spacial score (nSPS) is 17.5. The van der Waals surface area contributed by atoms with Gasteiger partial charge in [0.25, 0.3) is 0 Å². The summed E-state index contributed by atoms with van der Waals surface area (Å²) >= 11 is 0. The van der Waals surface area contributed by atoms with Gasteiger partial charge in [0.15, 0.2) is 0 Å². The topological polar surface area (TPSA) is 114 Å². The first-order valence-corrected chi connectivity index (χ1v) is 7.76. The van der Waals surface area contributed by atoms with Crippen LogP contribution in [0.5, 0.6) is 0 Å². The molecule has 2 amide bonds. The first-order valence-electron chi connectivity index (χ1n) is 7.76. The summed E-state index contributed by atoms with van der Waals surface area (Å²) < 4.78 is 5.10. The Morgan fingerprint density at radius 1 is 1.33 bits per heavy atom. The number of amides is 2. The van der Waals surface area contributed by atoms with Crippen LogP contribution in [0.25, 0.3) is 11.6 Å². The highest BCUT2D eigenvalue weighted by Gasteiger charge is 2.27. The third kappa shape index (κ3) is 3.73. The minimum atomic E-state index is -0.206. The van der Waals surface area contributed by atoms with Gasteiger partial charge < -0.3 is 14.7 Å². The van der Waals surface area contributed by atoms with Gasteiger partial charge in [-0.25, -0.2) is 9.97 Å². The second kappa shape index (κ2) is 7.16. The van der Waals surface area contributed by atoms with Crippen molar-refractivity contribution in [1.82, 2.24) is 30.3 Å². The Labute approximate surface area is 138 Å². The van der Waals surface area contributed by atoms with Crippen molar-refractivity contribution in [2.45, 2.75) is 26.3 Å². The number of nitrogens with zero attached hydrogens (tertiary/aromatic N) is 5. The van der Waals surface area contributed by atoms with Gasteiger partial charge in [-0.1, -0.05) is 5.16 Å². The van der Waals surface area contributed by atoms with Crippen molar-refractivity contribution in [3.8, 4) is 11.6 Å².